The van der Waals surface area contributed by atoms with E-state index in [1.165, 1.54) is 14.2 Å². The summed E-state index contributed by atoms with van der Waals surface area (Å²) in [6, 6.07) is 0. The fraction of sp³-hybridized carbons (Fsp3) is 0.750. The summed E-state index contributed by atoms with van der Waals surface area (Å²) in [7, 11) is 2.92. The van der Waals surface area contributed by atoms with Gasteiger partial charge in [-0.05, 0) is 12.8 Å². The molecule has 0 amide bonds. The van der Waals surface area contributed by atoms with Crippen molar-refractivity contribution in [3.8, 4) is 0 Å². The summed E-state index contributed by atoms with van der Waals surface area (Å²) in [5.41, 5.74) is 0. The van der Waals surface area contributed by atoms with E-state index in [9.17, 15) is 0 Å². The molecule has 0 spiro atoms. The molecule has 0 aromatic heterocycles. The summed E-state index contributed by atoms with van der Waals surface area (Å²) < 4.78 is 0. The number of hydrogen-bond donors (Lipinski definition) is 0. The van der Waals surface area contributed by atoms with Crippen LogP contribution in [0.3, 0.4) is 0 Å². The molecule has 72 valence electrons. The first-order valence-corrected chi connectivity index (χ1v) is 3.81. The van der Waals surface area contributed by atoms with E-state index in [2.05, 4.69) is 16.4 Å². The van der Waals surface area contributed by atoms with E-state index in [4.69, 9.17) is 9.78 Å². The fourth-order valence-electron chi connectivity index (χ4n) is 0.743. The van der Waals surface area contributed by atoms with Crippen molar-refractivity contribution in [3.05, 3.63) is 12.7 Å². The maximum Gasteiger partial charge on any atom is 0.120 e. The second kappa shape index (κ2) is 8.67. The maximum absolute atomic E-state index is 4.89. The summed E-state index contributed by atoms with van der Waals surface area (Å²) in [4.78, 5) is 18.6. The van der Waals surface area contributed by atoms with E-state index < -0.39 is 0 Å². The van der Waals surface area contributed by atoms with E-state index in [0.29, 0.717) is 6.61 Å². The van der Waals surface area contributed by atoms with Crippen LogP contribution in [0.5, 0.6) is 0 Å². The van der Waals surface area contributed by atoms with Crippen molar-refractivity contribution in [2.75, 3.05) is 20.8 Å². The fourth-order valence-corrected chi connectivity index (χ4v) is 0.743. The second-order valence-electron chi connectivity index (χ2n) is 2.20. The Hall–Kier alpha value is -0.420. The normalized spacial score (nSPS) is 12.8. The summed E-state index contributed by atoms with van der Waals surface area (Å²) in [6.45, 7) is 3.96. The Morgan fingerprint density at radius 3 is 2.58 bits per heavy atom. The second-order valence-corrected chi connectivity index (χ2v) is 2.20. The van der Waals surface area contributed by atoms with Gasteiger partial charge in [0.25, 0.3) is 0 Å². The minimum absolute atomic E-state index is 0.104. The minimum Gasteiger partial charge on any atom is -0.240 e. The van der Waals surface area contributed by atoms with Crippen LogP contribution in [0.15, 0.2) is 12.7 Å². The van der Waals surface area contributed by atoms with Gasteiger partial charge >= 0.3 is 0 Å². The summed E-state index contributed by atoms with van der Waals surface area (Å²) in [6.07, 6.45) is 3.38. The standard InChI is InChI=1S/C8H16O4/c1-4-5-6-8(12-10-3)7-11-9-2/h4,8H,1,5-7H2,2-3H3. The zero-order valence-corrected chi connectivity index (χ0v) is 7.62. The van der Waals surface area contributed by atoms with E-state index >= 15 is 0 Å². The van der Waals surface area contributed by atoms with Crippen molar-refractivity contribution in [2.45, 2.75) is 18.9 Å². The SMILES string of the molecule is C=CCCC(COOC)OOC. The Morgan fingerprint density at radius 1 is 1.33 bits per heavy atom. The predicted octanol–water partition coefficient (Wildman–Crippen LogP) is 1.48. The number of rotatable bonds is 8. The van der Waals surface area contributed by atoms with Crippen LogP contribution in [-0.4, -0.2) is 26.9 Å². The quantitative estimate of drug-likeness (QED) is 0.319. The van der Waals surface area contributed by atoms with Gasteiger partial charge in [0.2, 0.25) is 0 Å². The molecular formula is C8H16O4. The van der Waals surface area contributed by atoms with Crippen molar-refractivity contribution >= 4 is 0 Å². The van der Waals surface area contributed by atoms with Crippen LogP contribution in [0, 0.1) is 0 Å². The molecule has 0 aliphatic carbocycles. The van der Waals surface area contributed by atoms with Crippen LogP contribution in [0.1, 0.15) is 12.8 Å². The third-order valence-corrected chi connectivity index (χ3v) is 1.30. The summed E-state index contributed by atoms with van der Waals surface area (Å²) >= 11 is 0. The molecular weight excluding hydrogens is 160 g/mol. The largest absolute Gasteiger partial charge is 0.240 e. The zero-order valence-electron chi connectivity index (χ0n) is 7.62. The smallest absolute Gasteiger partial charge is 0.120 e. The van der Waals surface area contributed by atoms with Crippen LogP contribution in [-0.2, 0) is 19.6 Å². The lowest BCUT2D eigenvalue weighted by molar-refractivity contribution is -0.349. The van der Waals surface area contributed by atoms with Gasteiger partial charge < -0.3 is 0 Å². The highest BCUT2D eigenvalue weighted by Crippen LogP contribution is 2.03. The third-order valence-electron chi connectivity index (χ3n) is 1.30. The Morgan fingerprint density at radius 2 is 2.08 bits per heavy atom. The highest BCUT2D eigenvalue weighted by molar-refractivity contribution is 4.69. The van der Waals surface area contributed by atoms with Gasteiger partial charge in [-0.3, -0.25) is 0 Å². The molecule has 12 heavy (non-hydrogen) atoms. The lowest BCUT2D eigenvalue weighted by Gasteiger charge is -2.12. The molecule has 0 heterocycles. The molecule has 0 saturated carbocycles. The van der Waals surface area contributed by atoms with Crippen LogP contribution >= 0.6 is 0 Å². The number of hydrogen-bond acceptors (Lipinski definition) is 4. The Labute approximate surface area is 72.9 Å². The van der Waals surface area contributed by atoms with Gasteiger partial charge in [0.15, 0.2) is 0 Å². The first-order valence-electron chi connectivity index (χ1n) is 3.81. The molecule has 0 aromatic rings. The number of allylic oxidation sites excluding steroid dienone is 1. The molecule has 0 aliphatic rings. The lowest BCUT2D eigenvalue weighted by Crippen LogP contribution is -2.19. The highest BCUT2D eigenvalue weighted by atomic mass is 17.2. The Bertz CT molecular complexity index is 105. The van der Waals surface area contributed by atoms with Crippen LogP contribution in [0.25, 0.3) is 0 Å². The zero-order chi connectivity index (χ0) is 9.23. The molecule has 0 rings (SSSR count). The minimum atomic E-state index is -0.104. The van der Waals surface area contributed by atoms with E-state index in [1.807, 2.05) is 6.08 Å². The molecule has 0 fully saturated rings. The molecule has 1 atom stereocenters. The van der Waals surface area contributed by atoms with Gasteiger partial charge in [-0.1, -0.05) is 6.08 Å². The molecule has 4 heteroatoms. The van der Waals surface area contributed by atoms with Crippen LogP contribution in [0.2, 0.25) is 0 Å². The van der Waals surface area contributed by atoms with Gasteiger partial charge in [0.05, 0.1) is 14.2 Å². The van der Waals surface area contributed by atoms with E-state index in [-0.39, 0.29) is 6.10 Å². The predicted molar refractivity (Wildman–Crippen MR) is 44.3 cm³/mol. The van der Waals surface area contributed by atoms with Gasteiger partial charge in [-0.15, -0.1) is 6.58 Å². The first kappa shape index (κ1) is 11.6. The van der Waals surface area contributed by atoms with Crippen LogP contribution in [0.4, 0.5) is 0 Å². The first-order chi connectivity index (χ1) is 5.85. The van der Waals surface area contributed by atoms with Crippen molar-refractivity contribution in [3.63, 3.8) is 0 Å². The van der Waals surface area contributed by atoms with Crippen molar-refractivity contribution in [2.24, 2.45) is 0 Å². The summed E-state index contributed by atoms with van der Waals surface area (Å²) in [5, 5.41) is 0. The van der Waals surface area contributed by atoms with Gasteiger partial charge in [0, 0.05) is 0 Å². The van der Waals surface area contributed by atoms with Crippen LogP contribution < -0.4 is 0 Å². The lowest BCUT2D eigenvalue weighted by atomic mass is 10.2. The molecule has 0 aromatic carbocycles. The maximum atomic E-state index is 4.89. The molecule has 0 bridgehead atoms. The Balaban J connectivity index is 3.46. The van der Waals surface area contributed by atoms with Crippen molar-refractivity contribution in [1.82, 2.24) is 0 Å². The monoisotopic (exact) mass is 176 g/mol. The molecule has 0 N–H and O–H groups in total. The van der Waals surface area contributed by atoms with E-state index in [0.717, 1.165) is 12.8 Å². The van der Waals surface area contributed by atoms with Crippen molar-refractivity contribution < 1.29 is 19.6 Å². The molecule has 0 aliphatic heterocycles. The van der Waals surface area contributed by atoms with E-state index in [1.54, 1.807) is 0 Å². The molecule has 4 nitrogen and oxygen atoms in total. The average Bonchev–Trinajstić information content (AvgIpc) is 2.10. The third kappa shape index (κ3) is 6.30. The molecule has 0 saturated heterocycles. The average molecular weight is 176 g/mol. The topological polar surface area (TPSA) is 36.9 Å². The van der Waals surface area contributed by atoms with Gasteiger partial charge in [0.1, 0.15) is 12.7 Å². The highest BCUT2D eigenvalue weighted by Gasteiger charge is 2.09. The summed E-state index contributed by atoms with van der Waals surface area (Å²) in [5.74, 6) is 0. The molecule has 1 unspecified atom stereocenters. The Kier molecular flexibility index (Phi) is 8.37. The van der Waals surface area contributed by atoms with Gasteiger partial charge in [-0.2, -0.15) is 0 Å². The molecule has 0 radical (unpaired) electrons. The van der Waals surface area contributed by atoms with Gasteiger partial charge in [-0.25, -0.2) is 19.6 Å². The van der Waals surface area contributed by atoms with Crippen molar-refractivity contribution in [1.29, 1.82) is 0 Å².